The van der Waals surface area contributed by atoms with E-state index in [9.17, 15) is 0 Å². The zero-order chi connectivity index (χ0) is 12.3. The summed E-state index contributed by atoms with van der Waals surface area (Å²) >= 11 is 6.25. The lowest BCUT2D eigenvalue weighted by Gasteiger charge is -2.16. The number of rotatable bonds is 4. The van der Waals surface area contributed by atoms with E-state index in [1.165, 1.54) is 0 Å². The second kappa shape index (κ2) is 5.25. The fourth-order valence-corrected chi connectivity index (χ4v) is 2.22. The molecule has 17 heavy (non-hydrogen) atoms. The third kappa shape index (κ3) is 2.46. The highest BCUT2D eigenvalue weighted by atomic mass is 35.5. The van der Waals surface area contributed by atoms with E-state index in [1.807, 2.05) is 36.7 Å². The molecule has 1 unspecified atom stereocenters. The van der Waals surface area contributed by atoms with Gasteiger partial charge in [0.2, 0.25) is 0 Å². The molecule has 90 valence electrons. The number of halogens is 1. The molecule has 2 aromatic rings. The number of nitrogens with two attached hydrogens (primary N) is 1. The Morgan fingerprint density at radius 1 is 1.41 bits per heavy atom. The van der Waals surface area contributed by atoms with E-state index in [0.29, 0.717) is 11.6 Å². The van der Waals surface area contributed by atoms with Crippen LogP contribution in [0.15, 0.2) is 36.7 Å². The molecule has 1 heterocycles. The van der Waals surface area contributed by atoms with E-state index >= 15 is 0 Å². The van der Waals surface area contributed by atoms with Gasteiger partial charge in [-0.2, -0.15) is 0 Å². The standard InChI is InChI=1S/C13H15ClN2O/c1-17-10-2-3-11(13(14)6-10)12(7-15)9-4-5-16-8-9/h2-6,8,12,16H,7,15H2,1H3. The van der Waals surface area contributed by atoms with Crippen molar-refractivity contribution in [1.82, 2.24) is 4.98 Å². The van der Waals surface area contributed by atoms with Crippen molar-refractivity contribution in [1.29, 1.82) is 0 Å². The third-order valence-electron chi connectivity index (χ3n) is 2.84. The van der Waals surface area contributed by atoms with Gasteiger partial charge in [0, 0.05) is 29.9 Å². The van der Waals surface area contributed by atoms with Crippen molar-refractivity contribution in [3.05, 3.63) is 52.8 Å². The summed E-state index contributed by atoms with van der Waals surface area (Å²) < 4.78 is 5.13. The monoisotopic (exact) mass is 250 g/mol. The predicted molar refractivity (Wildman–Crippen MR) is 69.7 cm³/mol. The van der Waals surface area contributed by atoms with Crippen LogP contribution in [-0.4, -0.2) is 18.6 Å². The SMILES string of the molecule is COc1ccc(C(CN)c2cc[nH]c2)c(Cl)c1. The van der Waals surface area contributed by atoms with Gasteiger partial charge in [-0.1, -0.05) is 17.7 Å². The van der Waals surface area contributed by atoms with Crippen molar-refractivity contribution in [2.24, 2.45) is 5.73 Å². The minimum atomic E-state index is 0.111. The van der Waals surface area contributed by atoms with E-state index in [2.05, 4.69) is 4.98 Å². The Hall–Kier alpha value is -1.45. The highest BCUT2D eigenvalue weighted by molar-refractivity contribution is 6.31. The fourth-order valence-electron chi connectivity index (χ4n) is 1.91. The Morgan fingerprint density at radius 2 is 2.24 bits per heavy atom. The van der Waals surface area contributed by atoms with E-state index in [4.69, 9.17) is 22.1 Å². The Labute approximate surface area is 106 Å². The van der Waals surface area contributed by atoms with E-state index in [0.717, 1.165) is 16.9 Å². The molecule has 1 atom stereocenters. The lowest BCUT2D eigenvalue weighted by molar-refractivity contribution is 0.414. The normalized spacial score (nSPS) is 12.4. The molecule has 3 nitrogen and oxygen atoms in total. The van der Waals surface area contributed by atoms with Crippen LogP contribution in [0, 0.1) is 0 Å². The maximum absolute atomic E-state index is 6.25. The minimum Gasteiger partial charge on any atom is -0.497 e. The van der Waals surface area contributed by atoms with Crippen LogP contribution in [0.5, 0.6) is 5.75 Å². The molecule has 0 aliphatic carbocycles. The number of ether oxygens (including phenoxy) is 1. The van der Waals surface area contributed by atoms with E-state index < -0.39 is 0 Å². The molecule has 0 radical (unpaired) electrons. The third-order valence-corrected chi connectivity index (χ3v) is 3.17. The number of hydrogen-bond acceptors (Lipinski definition) is 2. The number of nitrogens with one attached hydrogen (secondary N) is 1. The van der Waals surface area contributed by atoms with Crippen molar-refractivity contribution < 1.29 is 4.74 Å². The number of aromatic nitrogens is 1. The molecule has 2 rings (SSSR count). The van der Waals surface area contributed by atoms with E-state index in [1.54, 1.807) is 7.11 Å². The number of benzene rings is 1. The first-order valence-electron chi connectivity index (χ1n) is 5.42. The van der Waals surface area contributed by atoms with Crippen LogP contribution in [0.4, 0.5) is 0 Å². The van der Waals surface area contributed by atoms with Crippen molar-refractivity contribution in [2.75, 3.05) is 13.7 Å². The van der Waals surface area contributed by atoms with Gasteiger partial charge in [0.25, 0.3) is 0 Å². The molecule has 0 aliphatic heterocycles. The highest BCUT2D eigenvalue weighted by Gasteiger charge is 2.16. The predicted octanol–water partition coefficient (Wildman–Crippen LogP) is 2.77. The molecular weight excluding hydrogens is 236 g/mol. The lowest BCUT2D eigenvalue weighted by atomic mass is 9.93. The van der Waals surface area contributed by atoms with Crippen LogP contribution in [0.2, 0.25) is 5.02 Å². The average Bonchev–Trinajstić information content (AvgIpc) is 2.85. The topological polar surface area (TPSA) is 51.0 Å². The molecule has 1 aromatic carbocycles. The summed E-state index contributed by atoms with van der Waals surface area (Å²) in [5, 5.41) is 0.681. The van der Waals surface area contributed by atoms with Crippen LogP contribution in [0.25, 0.3) is 0 Å². The molecule has 1 aromatic heterocycles. The van der Waals surface area contributed by atoms with Crippen LogP contribution in [0.1, 0.15) is 17.0 Å². The number of methoxy groups -OCH3 is 1. The summed E-state index contributed by atoms with van der Waals surface area (Å²) in [6.45, 7) is 0.518. The molecule has 0 saturated heterocycles. The maximum atomic E-state index is 6.25. The van der Waals surface area contributed by atoms with Gasteiger partial charge >= 0.3 is 0 Å². The summed E-state index contributed by atoms with van der Waals surface area (Å²) in [6, 6.07) is 7.69. The molecule has 0 spiro atoms. The first-order valence-corrected chi connectivity index (χ1v) is 5.80. The molecule has 4 heteroatoms. The Kier molecular flexibility index (Phi) is 3.71. The van der Waals surface area contributed by atoms with Crippen LogP contribution in [-0.2, 0) is 0 Å². The van der Waals surface area contributed by atoms with Gasteiger partial charge in [0.05, 0.1) is 7.11 Å². The smallest absolute Gasteiger partial charge is 0.120 e. The summed E-state index contributed by atoms with van der Waals surface area (Å²) in [5.41, 5.74) is 7.99. The van der Waals surface area contributed by atoms with Crippen molar-refractivity contribution in [3.8, 4) is 5.75 Å². The van der Waals surface area contributed by atoms with Crippen LogP contribution < -0.4 is 10.5 Å². The zero-order valence-corrected chi connectivity index (χ0v) is 10.4. The second-order valence-electron chi connectivity index (χ2n) is 3.82. The van der Waals surface area contributed by atoms with Gasteiger partial charge in [-0.05, 0) is 29.3 Å². The molecule has 0 amide bonds. The Morgan fingerprint density at radius 3 is 2.76 bits per heavy atom. The molecular formula is C13H15ClN2O. The summed E-state index contributed by atoms with van der Waals surface area (Å²) in [4.78, 5) is 3.03. The van der Waals surface area contributed by atoms with Gasteiger partial charge in [0.1, 0.15) is 5.75 Å². The van der Waals surface area contributed by atoms with Crippen LogP contribution in [0.3, 0.4) is 0 Å². The van der Waals surface area contributed by atoms with Gasteiger partial charge in [-0.25, -0.2) is 0 Å². The number of aromatic amines is 1. The lowest BCUT2D eigenvalue weighted by Crippen LogP contribution is -2.13. The highest BCUT2D eigenvalue weighted by Crippen LogP contribution is 2.31. The maximum Gasteiger partial charge on any atom is 0.120 e. The average molecular weight is 251 g/mol. The Bertz CT molecular complexity index is 482. The van der Waals surface area contributed by atoms with Gasteiger partial charge < -0.3 is 15.5 Å². The van der Waals surface area contributed by atoms with Crippen molar-refractivity contribution >= 4 is 11.6 Å². The summed E-state index contributed by atoms with van der Waals surface area (Å²) in [7, 11) is 1.62. The summed E-state index contributed by atoms with van der Waals surface area (Å²) in [6.07, 6.45) is 3.83. The van der Waals surface area contributed by atoms with Gasteiger partial charge in [0.15, 0.2) is 0 Å². The second-order valence-corrected chi connectivity index (χ2v) is 4.23. The molecule has 0 aliphatic rings. The van der Waals surface area contributed by atoms with Crippen LogP contribution >= 0.6 is 11.6 Å². The van der Waals surface area contributed by atoms with E-state index in [-0.39, 0.29) is 5.92 Å². The number of H-pyrrole nitrogens is 1. The first-order chi connectivity index (χ1) is 8.26. The number of hydrogen-bond donors (Lipinski definition) is 2. The quantitative estimate of drug-likeness (QED) is 0.877. The molecule has 0 saturated carbocycles. The minimum absolute atomic E-state index is 0.111. The van der Waals surface area contributed by atoms with Gasteiger partial charge in [-0.15, -0.1) is 0 Å². The summed E-state index contributed by atoms with van der Waals surface area (Å²) in [5.74, 6) is 0.864. The molecule has 0 fully saturated rings. The zero-order valence-electron chi connectivity index (χ0n) is 9.61. The van der Waals surface area contributed by atoms with Crippen molar-refractivity contribution in [3.63, 3.8) is 0 Å². The largest absolute Gasteiger partial charge is 0.497 e. The molecule has 0 bridgehead atoms. The Balaban J connectivity index is 2.38. The van der Waals surface area contributed by atoms with Gasteiger partial charge in [-0.3, -0.25) is 0 Å². The fraction of sp³-hybridized carbons (Fsp3) is 0.231. The van der Waals surface area contributed by atoms with Crippen molar-refractivity contribution in [2.45, 2.75) is 5.92 Å². The molecule has 3 N–H and O–H groups in total. The first kappa shape index (κ1) is 12.0.